The molecule has 3 atom stereocenters. The quantitative estimate of drug-likeness (QED) is 0.772. The number of phenols is 1. The van der Waals surface area contributed by atoms with Crippen LogP contribution in [0.25, 0.3) is 0 Å². The summed E-state index contributed by atoms with van der Waals surface area (Å²) in [7, 11) is 11.9. The molecule has 0 bridgehead atoms. The molecule has 0 amide bonds. The van der Waals surface area contributed by atoms with Crippen molar-refractivity contribution in [2.24, 2.45) is 5.92 Å². The summed E-state index contributed by atoms with van der Waals surface area (Å²) in [5.74, 6) is 0.256. The van der Waals surface area contributed by atoms with Crippen LogP contribution < -0.4 is 16.2 Å². The second-order valence-corrected chi connectivity index (χ2v) is 8.82. The molecule has 2 aliphatic heterocycles. The zero-order valence-corrected chi connectivity index (χ0v) is 16.3. The maximum absolute atomic E-state index is 9.93. The highest BCUT2D eigenvalue weighted by Crippen LogP contribution is 2.49. The van der Waals surface area contributed by atoms with E-state index >= 15 is 0 Å². The molecular weight excluding hydrogens is 332 g/mol. The fraction of sp³-hybridized carbons (Fsp3) is 0.455. The molecule has 2 aromatic rings. The van der Waals surface area contributed by atoms with E-state index in [4.69, 9.17) is 20.4 Å². The highest BCUT2D eigenvalue weighted by Gasteiger charge is 2.40. The van der Waals surface area contributed by atoms with E-state index in [0.717, 1.165) is 30.7 Å². The van der Waals surface area contributed by atoms with Crippen molar-refractivity contribution in [3.63, 3.8) is 0 Å². The first-order valence-corrected chi connectivity index (χ1v) is 9.66. The summed E-state index contributed by atoms with van der Waals surface area (Å²) >= 11 is 0. The normalized spacial score (nSPS) is 24.6. The fourth-order valence-corrected chi connectivity index (χ4v) is 4.35. The van der Waals surface area contributed by atoms with Crippen molar-refractivity contribution in [2.75, 3.05) is 11.9 Å². The number of phenolic OH excluding ortho intramolecular Hbond substituents is 1. The van der Waals surface area contributed by atoms with Crippen LogP contribution >= 0.6 is 0 Å². The minimum atomic E-state index is -0.0405. The second-order valence-electron chi connectivity index (χ2n) is 8.82. The lowest BCUT2D eigenvalue weighted by Crippen LogP contribution is -2.37. The van der Waals surface area contributed by atoms with E-state index in [9.17, 15) is 5.11 Å². The van der Waals surface area contributed by atoms with Crippen LogP contribution in [0.15, 0.2) is 30.3 Å². The Kier molecular flexibility index (Phi) is 4.54. The summed E-state index contributed by atoms with van der Waals surface area (Å²) in [4.78, 5) is 0. The zero-order valence-electron chi connectivity index (χ0n) is 16.3. The van der Waals surface area contributed by atoms with Crippen LogP contribution in [0.5, 0.6) is 5.75 Å². The van der Waals surface area contributed by atoms with Crippen LogP contribution in [-0.4, -0.2) is 27.4 Å². The summed E-state index contributed by atoms with van der Waals surface area (Å²) in [6, 6.07) is 10.3. The number of hydrogen-bond acceptors (Lipinski definition) is 3. The lowest BCUT2D eigenvalue weighted by Gasteiger charge is -2.44. The van der Waals surface area contributed by atoms with Crippen LogP contribution in [0, 0.1) is 5.92 Å². The van der Waals surface area contributed by atoms with E-state index in [1.165, 1.54) is 11.1 Å². The number of benzene rings is 2. The van der Waals surface area contributed by atoms with Gasteiger partial charge in [0.1, 0.15) is 21.4 Å². The van der Waals surface area contributed by atoms with Gasteiger partial charge in [0, 0.05) is 23.8 Å². The molecule has 2 N–H and O–H groups in total. The van der Waals surface area contributed by atoms with Gasteiger partial charge in [-0.05, 0) is 35.4 Å². The van der Waals surface area contributed by atoms with Crippen LogP contribution in [-0.2, 0) is 10.2 Å². The first kappa shape index (κ1) is 18.5. The van der Waals surface area contributed by atoms with Gasteiger partial charge in [-0.2, -0.15) is 0 Å². The van der Waals surface area contributed by atoms with Crippen molar-refractivity contribution < 1.29 is 9.84 Å². The molecule has 2 aliphatic rings. The molecule has 0 saturated carbocycles. The molecular formula is C22H25B2NO2. The largest absolute Gasteiger partial charge is 0.509 e. The molecule has 5 heteroatoms. The molecule has 0 aliphatic carbocycles. The van der Waals surface area contributed by atoms with Crippen molar-refractivity contribution in [3.8, 4) is 5.75 Å². The number of anilines is 1. The third kappa shape index (κ3) is 3.27. The Bertz CT molecular complexity index is 852. The highest BCUT2D eigenvalue weighted by molar-refractivity contribution is 6.41. The van der Waals surface area contributed by atoms with Crippen LogP contribution in [0.2, 0.25) is 0 Å². The number of hydrogen-bond donors (Lipinski definition) is 2. The van der Waals surface area contributed by atoms with E-state index < -0.39 is 0 Å². The predicted molar refractivity (Wildman–Crippen MR) is 112 cm³/mol. The SMILES string of the molecule is [B]c1cc([C@@H]2Nc3ccc(C(C)(C)C)cc3[C@H]3OCCC[C@H]32)cc([B])c1O. The third-order valence-corrected chi connectivity index (χ3v) is 5.88. The molecule has 2 heterocycles. The summed E-state index contributed by atoms with van der Waals surface area (Å²) in [6.07, 6.45) is 2.16. The molecule has 1 saturated heterocycles. The molecule has 1 fully saturated rings. The van der Waals surface area contributed by atoms with Crippen LogP contribution in [0.1, 0.15) is 62.4 Å². The van der Waals surface area contributed by atoms with Crippen LogP contribution in [0.4, 0.5) is 5.69 Å². The number of fused-ring (bicyclic) bond motifs is 3. The van der Waals surface area contributed by atoms with Crippen molar-refractivity contribution >= 4 is 32.3 Å². The average molecular weight is 357 g/mol. The molecule has 2 aromatic carbocycles. The number of nitrogens with one attached hydrogen (secondary N) is 1. The maximum atomic E-state index is 9.93. The van der Waals surface area contributed by atoms with E-state index in [2.05, 4.69) is 44.3 Å². The first-order valence-electron chi connectivity index (χ1n) is 9.66. The Hall–Kier alpha value is -1.87. The van der Waals surface area contributed by atoms with Gasteiger partial charge < -0.3 is 15.2 Å². The van der Waals surface area contributed by atoms with E-state index in [0.29, 0.717) is 16.8 Å². The van der Waals surface area contributed by atoms with Gasteiger partial charge in [-0.3, -0.25) is 0 Å². The number of rotatable bonds is 1. The third-order valence-electron chi connectivity index (χ3n) is 5.88. The summed E-state index contributed by atoms with van der Waals surface area (Å²) in [5, 5.41) is 13.6. The fourth-order valence-electron chi connectivity index (χ4n) is 4.35. The van der Waals surface area contributed by atoms with Crippen molar-refractivity contribution in [3.05, 3.63) is 47.0 Å². The molecule has 4 rings (SSSR count). The highest BCUT2D eigenvalue weighted by atomic mass is 16.5. The predicted octanol–water partition coefficient (Wildman–Crippen LogP) is 2.91. The van der Waals surface area contributed by atoms with Gasteiger partial charge in [-0.25, -0.2) is 0 Å². The van der Waals surface area contributed by atoms with Gasteiger partial charge in [0.25, 0.3) is 0 Å². The Balaban J connectivity index is 1.79. The van der Waals surface area contributed by atoms with Gasteiger partial charge >= 0.3 is 0 Å². The number of ether oxygens (including phenoxy) is 1. The van der Waals surface area contributed by atoms with Gasteiger partial charge in [0.05, 0.1) is 12.1 Å². The summed E-state index contributed by atoms with van der Waals surface area (Å²) in [5.41, 5.74) is 5.37. The average Bonchev–Trinajstić information content (AvgIpc) is 2.64. The van der Waals surface area contributed by atoms with Crippen molar-refractivity contribution in [1.82, 2.24) is 0 Å². The zero-order chi connectivity index (χ0) is 19.3. The monoisotopic (exact) mass is 357 g/mol. The van der Waals surface area contributed by atoms with E-state index in [1.807, 2.05) is 12.1 Å². The Morgan fingerprint density at radius 1 is 1.11 bits per heavy atom. The van der Waals surface area contributed by atoms with Gasteiger partial charge in [0.15, 0.2) is 0 Å². The van der Waals surface area contributed by atoms with Gasteiger partial charge in [0.2, 0.25) is 0 Å². The van der Waals surface area contributed by atoms with Crippen molar-refractivity contribution in [1.29, 1.82) is 0 Å². The standard InChI is InChI=1S/C22H25B2NO2/c1-22(2,3)13-6-7-18-15(11-13)21-14(5-4-8-27-21)19(25-18)12-9-16(23)20(26)17(24)10-12/h6-7,9-11,14,19,21,25-26H,4-5,8H2,1-3H3/t14-,19-,21-/m0/s1. The lowest BCUT2D eigenvalue weighted by molar-refractivity contribution is -0.0381. The van der Waals surface area contributed by atoms with Crippen molar-refractivity contribution in [2.45, 2.75) is 51.2 Å². The molecule has 136 valence electrons. The minimum absolute atomic E-state index is 0.0405. The van der Waals surface area contributed by atoms with E-state index in [-0.39, 0.29) is 23.3 Å². The molecule has 4 radical (unpaired) electrons. The van der Waals surface area contributed by atoms with Gasteiger partial charge in [-0.15, -0.1) is 0 Å². The molecule has 0 spiro atoms. The van der Waals surface area contributed by atoms with Crippen LogP contribution in [0.3, 0.4) is 0 Å². The smallest absolute Gasteiger partial charge is 0.118 e. The minimum Gasteiger partial charge on any atom is -0.509 e. The molecule has 27 heavy (non-hydrogen) atoms. The summed E-state index contributed by atoms with van der Waals surface area (Å²) in [6.45, 7) is 7.48. The van der Waals surface area contributed by atoms with Gasteiger partial charge in [-0.1, -0.05) is 56.0 Å². The maximum Gasteiger partial charge on any atom is 0.118 e. The lowest BCUT2D eigenvalue weighted by atomic mass is 9.74. The second kappa shape index (κ2) is 6.63. The molecule has 0 aromatic heterocycles. The summed E-state index contributed by atoms with van der Waals surface area (Å²) < 4.78 is 6.26. The Labute approximate surface area is 164 Å². The Morgan fingerprint density at radius 2 is 1.81 bits per heavy atom. The Morgan fingerprint density at radius 3 is 2.48 bits per heavy atom. The topological polar surface area (TPSA) is 41.5 Å². The first-order chi connectivity index (χ1) is 12.8. The molecule has 3 nitrogen and oxygen atoms in total. The number of aromatic hydroxyl groups is 1. The molecule has 0 unspecified atom stereocenters. The van der Waals surface area contributed by atoms with E-state index in [1.54, 1.807) is 0 Å².